The summed E-state index contributed by atoms with van der Waals surface area (Å²) in [6.45, 7) is 5.94. The number of hydrogen-bond donors (Lipinski definition) is 2. The van der Waals surface area contributed by atoms with E-state index in [0.29, 0.717) is 53.4 Å². The molecule has 1 aliphatic carbocycles. The molecular formula is C38H43N5O3. The lowest BCUT2D eigenvalue weighted by atomic mass is 9.94. The number of Topliss-reactive ketones (excluding diaryl/α,β-unsaturated/α-hetero) is 1. The summed E-state index contributed by atoms with van der Waals surface area (Å²) in [5, 5.41) is 7.09. The summed E-state index contributed by atoms with van der Waals surface area (Å²) in [7, 11) is 0. The van der Waals surface area contributed by atoms with Gasteiger partial charge in [0.05, 0.1) is 22.5 Å². The first-order valence-electron chi connectivity index (χ1n) is 16.6. The molecular weight excluding hydrogens is 574 g/mol. The summed E-state index contributed by atoms with van der Waals surface area (Å²) in [6.07, 6.45) is 8.06. The summed E-state index contributed by atoms with van der Waals surface area (Å²) in [4.78, 5) is 48.2. The number of carbonyl (C=O) groups is 3. The van der Waals surface area contributed by atoms with E-state index < -0.39 is 0 Å². The van der Waals surface area contributed by atoms with Crippen LogP contribution in [0.4, 0.5) is 17.1 Å². The standard InChI is InChI=1S/C38H43N5O3/c1-27-9-2-5-16-34(27)42-21-23-43(24-22-42)35-18-17-30(37(45)40-20-7-11-28-10-3-4-14-31(44)25-28)26-33(35)41-38(46)32-15-6-12-29-13-8-19-39-36(29)32/h2,5-6,8-9,12-13,15-19,26,28H,3-4,7,10-11,14,20-25H2,1H3,(H,40,45)(H,41,46). The molecule has 1 aromatic heterocycles. The average Bonchev–Trinajstić information content (AvgIpc) is 3.30. The van der Waals surface area contributed by atoms with Crippen molar-refractivity contribution in [1.82, 2.24) is 10.3 Å². The number of nitrogens with one attached hydrogen (secondary N) is 2. The molecule has 2 amide bonds. The van der Waals surface area contributed by atoms with Crippen LogP contribution < -0.4 is 20.4 Å². The van der Waals surface area contributed by atoms with Crippen LogP contribution in [0.5, 0.6) is 0 Å². The molecule has 1 unspecified atom stereocenters. The molecule has 238 valence electrons. The number of anilines is 3. The van der Waals surface area contributed by atoms with Gasteiger partial charge in [0.1, 0.15) is 5.78 Å². The number of aryl methyl sites for hydroxylation is 1. The Bertz CT molecular complexity index is 1710. The SMILES string of the molecule is Cc1ccccc1N1CCN(c2ccc(C(=O)NCCCC3CCCCC(=O)C3)cc2NC(=O)c2cccc3cccnc23)CC1. The van der Waals surface area contributed by atoms with E-state index in [1.807, 2.05) is 36.4 Å². The Balaban J connectivity index is 1.18. The maximum atomic E-state index is 13.7. The average molecular weight is 618 g/mol. The number of para-hydroxylation sites is 2. The Hall–Kier alpha value is -4.72. The van der Waals surface area contributed by atoms with Crippen LogP contribution in [0.15, 0.2) is 79.0 Å². The zero-order valence-corrected chi connectivity index (χ0v) is 26.6. The molecule has 0 radical (unpaired) electrons. The van der Waals surface area contributed by atoms with E-state index >= 15 is 0 Å². The van der Waals surface area contributed by atoms with Gasteiger partial charge in [-0.25, -0.2) is 0 Å². The van der Waals surface area contributed by atoms with Crippen molar-refractivity contribution in [2.45, 2.75) is 51.9 Å². The summed E-state index contributed by atoms with van der Waals surface area (Å²) in [6, 6.07) is 23.4. The molecule has 2 fully saturated rings. The van der Waals surface area contributed by atoms with E-state index in [2.05, 4.69) is 56.6 Å². The van der Waals surface area contributed by atoms with Crippen molar-refractivity contribution in [3.05, 3.63) is 95.7 Å². The molecule has 0 bridgehead atoms. The second-order valence-corrected chi connectivity index (χ2v) is 12.6. The van der Waals surface area contributed by atoms with Gasteiger partial charge in [-0.05, 0) is 74.1 Å². The van der Waals surface area contributed by atoms with E-state index in [4.69, 9.17) is 0 Å². The maximum absolute atomic E-state index is 13.7. The van der Waals surface area contributed by atoms with Gasteiger partial charge in [0, 0.05) is 68.4 Å². The van der Waals surface area contributed by atoms with E-state index in [1.165, 1.54) is 11.3 Å². The molecule has 0 spiro atoms. The highest BCUT2D eigenvalue weighted by Gasteiger charge is 2.23. The van der Waals surface area contributed by atoms with Crippen molar-refractivity contribution in [1.29, 1.82) is 0 Å². The molecule has 4 aromatic rings. The molecule has 46 heavy (non-hydrogen) atoms. The van der Waals surface area contributed by atoms with Crippen molar-refractivity contribution in [3.8, 4) is 0 Å². The number of piperazine rings is 1. The second-order valence-electron chi connectivity index (χ2n) is 12.6. The normalized spacial score (nSPS) is 17.1. The van der Waals surface area contributed by atoms with Crippen molar-refractivity contribution >= 4 is 45.6 Å². The van der Waals surface area contributed by atoms with Gasteiger partial charge in [-0.1, -0.05) is 49.2 Å². The third kappa shape index (κ3) is 7.39. The molecule has 8 heteroatoms. The fourth-order valence-corrected chi connectivity index (χ4v) is 6.86. The number of nitrogens with zero attached hydrogens (tertiary/aromatic N) is 3. The Labute approximate surface area is 271 Å². The molecule has 6 rings (SSSR count). The lowest BCUT2D eigenvalue weighted by Gasteiger charge is -2.38. The molecule has 8 nitrogen and oxygen atoms in total. The Kier molecular flexibility index (Phi) is 9.91. The van der Waals surface area contributed by atoms with Gasteiger partial charge in [0.25, 0.3) is 11.8 Å². The molecule has 3 aromatic carbocycles. The van der Waals surface area contributed by atoms with E-state index in [-0.39, 0.29) is 11.8 Å². The van der Waals surface area contributed by atoms with Crippen molar-refractivity contribution in [2.75, 3.05) is 47.8 Å². The zero-order valence-electron chi connectivity index (χ0n) is 26.6. The lowest BCUT2D eigenvalue weighted by Crippen LogP contribution is -2.47. The maximum Gasteiger partial charge on any atom is 0.257 e. The first kappa shape index (κ1) is 31.3. The van der Waals surface area contributed by atoms with Gasteiger partial charge in [0.15, 0.2) is 0 Å². The number of fused-ring (bicyclic) bond motifs is 1. The van der Waals surface area contributed by atoms with Gasteiger partial charge < -0.3 is 20.4 Å². The van der Waals surface area contributed by atoms with Gasteiger partial charge in [0.2, 0.25) is 0 Å². The number of aromatic nitrogens is 1. The van der Waals surface area contributed by atoms with Crippen LogP contribution in [0.25, 0.3) is 10.9 Å². The first-order valence-corrected chi connectivity index (χ1v) is 16.6. The quantitative estimate of drug-likeness (QED) is 0.159. The minimum atomic E-state index is -0.264. The number of amides is 2. The minimum Gasteiger partial charge on any atom is -0.368 e. The zero-order chi connectivity index (χ0) is 31.9. The summed E-state index contributed by atoms with van der Waals surface area (Å²) < 4.78 is 0. The third-order valence-corrected chi connectivity index (χ3v) is 9.37. The number of benzene rings is 3. The molecule has 2 heterocycles. The topological polar surface area (TPSA) is 94.6 Å². The van der Waals surface area contributed by atoms with Crippen LogP contribution >= 0.6 is 0 Å². The van der Waals surface area contributed by atoms with Gasteiger partial charge in [-0.2, -0.15) is 0 Å². The predicted molar refractivity (Wildman–Crippen MR) is 185 cm³/mol. The highest BCUT2D eigenvalue weighted by atomic mass is 16.2. The van der Waals surface area contributed by atoms with Gasteiger partial charge in [-0.15, -0.1) is 0 Å². The smallest absolute Gasteiger partial charge is 0.257 e. The molecule has 1 saturated heterocycles. The number of rotatable bonds is 9. The lowest BCUT2D eigenvalue weighted by molar-refractivity contribution is -0.119. The highest BCUT2D eigenvalue weighted by Crippen LogP contribution is 2.31. The van der Waals surface area contributed by atoms with Crippen LogP contribution in [-0.4, -0.2) is 55.3 Å². The molecule has 1 aliphatic heterocycles. The molecule has 1 saturated carbocycles. The van der Waals surface area contributed by atoms with Crippen molar-refractivity contribution < 1.29 is 14.4 Å². The minimum absolute atomic E-state index is 0.171. The van der Waals surface area contributed by atoms with Crippen molar-refractivity contribution in [2.24, 2.45) is 5.92 Å². The largest absolute Gasteiger partial charge is 0.368 e. The second kappa shape index (κ2) is 14.6. The number of carbonyl (C=O) groups excluding carboxylic acids is 3. The van der Waals surface area contributed by atoms with Gasteiger partial charge >= 0.3 is 0 Å². The number of hydrogen-bond acceptors (Lipinski definition) is 6. The van der Waals surface area contributed by atoms with Crippen LogP contribution in [-0.2, 0) is 4.79 Å². The Morgan fingerprint density at radius 2 is 1.65 bits per heavy atom. The van der Waals surface area contributed by atoms with Crippen LogP contribution in [0.3, 0.4) is 0 Å². The number of ketones is 1. The first-order chi connectivity index (χ1) is 22.5. The number of pyridine rings is 1. The van der Waals surface area contributed by atoms with Crippen LogP contribution in [0, 0.1) is 12.8 Å². The van der Waals surface area contributed by atoms with E-state index in [9.17, 15) is 14.4 Å². The summed E-state index contributed by atoms with van der Waals surface area (Å²) in [5.41, 5.74) is 5.62. The Morgan fingerprint density at radius 3 is 2.48 bits per heavy atom. The fraction of sp³-hybridized carbons (Fsp3) is 0.368. The van der Waals surface area contributed by atoms with Crippen LogP contribution in [0.2, 0.25) is 0 Å². The molecule has 2 N–H and O–H groups in total. The fourth-order valence-electron chi connectivity index (χ4n) is 6.86. The molecule has 2 aliphatic rings. The highest BCUT2D eigenvalue weighted by molar-refractivity contribution is 6.13. The van der Waals surface area contributed by atoms with E-state index in [0.717, 1.165) is 69.4 Å². The van der Waals surface area contributed by atoms with Crippen molar-refractivity contribution in [3.63, 3.8) is 0 Å². The van der Waals surface area contributed by atoms with E-state index in [1.54, 1.807) is 18.3 Å². The summed E-state index contributed by atoms with van der Waals surface area (Å²) in [5.74, 6) is 0.356. The summed E-state index contributed by atoms with van der Waals surface area (Å²) >= 11 is 0. The Morgan fingerprint density at radius 1 is 0.870 bits per heavy atom. The van der Waals surface area contributed by atoms with Gasteiger partial charge in [-0.3, -0.25) is 19.4 Å². The molecule has 1 atom stereocenters. The van der Waals surface area contributed by atoms with Crippen LogP contribution in [0.1, 0.15) is 71.2 Å². The monoisotopic (exact) mass is 617 g/mol. The predicted octanol–water partition coefficient (Wildman–Crippen LogP) is 6.78. The third-order valence-electron chi connectivity index (χ3n) is 9.37.